The summed E-state index contributed by atoms with van der Waals surface area (Å²) in [5, 5.41) is 0.998. The molecule has 0 aliphatic carbocycles. The molecule has 18 heavy (non-hydrogen) atoms. The van der Waals surface area contributed by atoms with Crippen LogP contribution in [0, 0.1) is 0 Å². The summed E-state index contributed by atoms with van der Waals surface area (Å²) in [6.07, 6.45) is 3.10. The molecule has 0 saturated carbocycles. The fourth-order valence-electron chi connectivity index (χ4n) is 1.68. The zero-order valence-electron chi connectivity index (χ0n) is 10.6. The highest BCUT2D eigenvalue weighted by Crippen LogP contribution is 2.22. The summed E-state index contributed by atoms with van der Waals surface area (Å²) in [4.78, 5) is 16.4. The van der Waals surface area contributed by atoms with Crippen LogP contribution in [-0.4, -0.2) is 21.2 Å². The number of nitrogens with zero attached hydrogens (tertiary/aromatic N) is 2. The van der Waals surface area contributed by atoms with Crippen molar-refractivity contribution in [3.05, 3.63) is 30.1 Å². The molecule has 0 N–H and O–H groups in total. The van der Waals surface area contributed by atoms with Gasteiger partial charge in [0.1, 0.15) is 11.2 Å². The van der Waals surface area contributed by atoms with Gasteiger partial charge in [-0.05, 0) is 38.5 Å². The molecule has 0 bridgehead atoms. The van der Waals surface area contributed by atoms with Gasteiger partial charge in [-0.3, -0.25) is 0 Å². The molecule has 5 heteroatoms. The zero-order valence-corrected chi connectivity index (χ0v) is 12.8. The summed E-state index contributed by atoms with van der Waals surface area (Å²) in [6.45, 7) is 5.55. The Morgan fingerprint density at radius 1 is 1.50 bits per heavy atom. The lowest BCUT2D eigenvalue weighted by molar-refractivity contribution is 0.0543. The maximum atomic E-state index is 12.1. The Bertz CT molecular complexity index is 584. The average molecular weight is 358 g/mol. The van der Waals surface area contributed by atoms with Crippen LogP contribution in [0.3, 0.4) is 0 Å². The number of rotatable bonds is 1. The predicted octanol–water partition coefficient (Wildman–Crippen LogP) is 3.75. The fourth-order valence-corrected chi connectivity index (χ4v) is 2.29. The van der Waals surface area contributed by atoms with Crippen LogP contribution in [0.15, 0.2) is 24.5 Å². The molecule has 0 fully saturated rings. The van der Waals surface area contributed by atoms with Gasteiger partial charge < -0.3 is 4.74 Å². The summed E-state index contributed by atoms with van der Waals surface area (Å²) in [5.41, 5.74) is 1.23. The van der Waals surface area contributed by atoms with Crippen LogP contribution in [0.5, 0.6) is 0 Å². The Morgan fingerprint density at radius 3 is 2.83 bits per heavy atom. The second-order valence-corrected chi connectivity index (χ2v) is 5.78. The minimum atomic E-state index is -0.507. The van der Waals surface area contributed by atoms with E-state index in [1.807, 2.05) is 32.9 Å². The first-order chi connectivity index (χ1) is 8.42. The standard InChI is InChI=1S/C13H15IN2O2/c1-13(2,3)18-12(17)16-8-9(7-14)10-5-4-6-15-11(10)16/h4-6,8H,7H2,1-3H3. The van der Waals surface area contributed by atoms with Gasteiger partial charge in [0.15, 0.2) is 0 Å². The van der Waals surface area contributed by atoms with E-state index in [1.54, 1.807) is 12.4 Å². The smallest absolute Gasteiger partial charge is 0.420 e. The third-order valence-electron chi connectivity index (χ3n) is 2.38. The van der Waals surface area contributed by atoms with Gasteiger partial charge in [0.2, 0.25) is 0 Å². The maximum Gasteiger partial charge on any atom is 0.420 e. The van der Waals surface area contributed by atoms with Crippen molar-refractivity contribution in [3.8, 4) is 0 Å². The second-order valence-electron chi connectivity index (χ2n) is 5.01. The quantitative estimate of drug-likeness (QED) is 0.576. The molecule has 0 aliphatic rings. The molecule has 2 heterocycles. The van der Waals surface area contributed by atoms with Crippen LogP contribution in [0.2, 0.25) is 0 Å². The number of hydrogen-bond acceptors (Lipinski definition) is 3. The van der Waals surface area contributed by atoms with E-state index >= 15 is 0 Å². The molecule has 2 aromatic heterocycles. The fraction of sp³-hybridized carbons (Fsp3) is 0.385. The Labute approximate surface area is 119 Å². The molecule has 0 spiro atoms. The van der Waals surface area contributed by atoms with E-state index in [-0.39, 0.29) is 6.09 Å². The summed E-state index contributed by atoms with van der Waals surface area (Å²) < 4.78 is 7.68. The average Bonchev–Trinajstić information content (AvgIpc) is 2.65. The van der Waals surface area contributed by atoms with E-state index in [4.69, 9.17) is 4.74 Å². The Kier molecular flexibility index (Phi) is 3.61. The normalized spacial score (nSPS) is 11.8. The van der Waals surface area contributed by atoms with Crippen molar-refractivity contribution in [2.45, 2.75) is 30.8 Å². The zero-order chi connectivity index (χ0) is 13.3. The molecule has 0 amide bonds. The molecule has 0 radical (unpaired) electrons. The van der Waals surface area contributed by atoms with Crippen molar-refractivity contribution in [3.63, 3.8) is 0 Å². The number of hydrogen-bond donors (Lipinski definition) is 0. The van der Waals surface area contributed by atoms with Crippen LogP contribution in [-0.2, 0) is 9.16 Å². The molecule has 0 aliphatic heterocycles. The number of pyridine rings is 1. The van der Waals surface area contributed by atoms with Crippen molar-refractivity contribution >= 4 is 39.7 Å². The van der Waals surface area contributed by atoms with E-state index in [2.05, 4.69) is 27.6 Å². The number of ether oxygens (including phenoxy) is 1. The number of alkyl halides is 1. The summed E-state index contributed by atoms with van der Waals surface area (Å²) in [5.74, 6) is 0. The van der Waals surface area contributed by atoms with Gasteiger partial charge in [-0.2, -0.15) is 0 Å². The third kappa shape index (κ3) is 2.66. The van der Waals surface area contributed by atoms with Crippen molar-refractivity contribution < 1.29 is 9.53 Å². The van der Waals surface area contributed by atoms with Crippen LogP contribution < -0.4 is 0 Å². The first kappa shape index (κ1) is 13.3. The third-order valence-corrected chi connectivity index (χ3v) is 3.20. The van der Waals surface area contributed by atoms with E-state index < -0.39 is 5.60 Å². The van der Waals surface area contributed by atoms with Crippen LogP contribution in [0.4, 0.5) is 4.79 Å². The van der Waals surface area contributed by atoms with Crippen molar-refractivity contribution in [2.24, 2.45) is 0 Å². The predicted molar refractivity (Wildman–Crippen MR) is 79.1 cm³/mol. The molecule has 0 saturated heterocycles. The molecule has 0 unspecified atom stereocenters. The number of carbonyl (C=O) groups is 1. The minimum absolute atomic E-state index is 0.387. The van der Waals surface area contributed by atoms with E-state index in [0.29, 0.717) is 5.65 Å². The molecule has 4 nitrogen and oxygen atoms in total. The summed E-state index contributed by atoms with van der Waals surface area (Å²) >= 11 is 2.27. The topological polar surface area (TPSA) is 44.1 Å². The maximum absolute atomic E-state index is 12.1. The van der Waals surface area contributed by atoms with Gasteiger partial charge in [0.25, 0.3) is 0 Å². The SMILES string of the molecule is CC(C)(C)OC(=O)n1cc(CI)c2cccnc21. The van der Waals surface area contributed by atoms with Gasteiger partial charge in [-0.25, -0.2) is 14.3 Å². The van der Waals surface area contributed by atoms with Crippen LogP contribution >= 0.6 is 22.6 Å². The number of aromatic nitrogens is 2. The Morgan fingerprint density at radius 2 is 2.22 bits per heavy atom. The minimum Gasteiger partial charge on any atom is -0.443 e. The Balaban J connectivity index is 2.48. The summed E-state index contributed by atoms with van der Waals surface area (Å²) in [7, 11) is 0. The highest BCUT2D eigenvalue weighted by molar-refractivity contribution is 14.1. The van der Waals surface area contributed by atoms with Crippen molar-refractivity contribution in [2.75, 3.05) is 0 Å². The first-order valence-electron chi connectivity index (χ1n) is 5.66. The lowest BCUT2D eigenvalue weighted by atomic mass is 10.2. The lowest BCUT2D eigenvalue weighted by Gasteiger charge is -2.19. The van der Waals surface area contributed by atoms with Crippen molar-refractivity contribution in [1.29, 1.82) is 0 Å². The highest BCUT2D eigenvalue weighted by Gasteiger charge is 2.20. The van der Waals surface area contributed by atoms with Gasteiger partial charge in [-0.1, -0.05) is 22.6 Å². The van der Waals surface area contributed by atoms with Gasteiger partial charge in [0, 0.05) is 22.2 Å². The molecule has 96 valence electrons. The molecular formula is C13H15IN2O2. The number of fused-ring (bicyclic) bond motifs is 1. The van der Waals surface area contributed by atoms with Gasteiger partial charge in [0.05, 0.1) is 0 Å². The Hall–Kier alpha value is -1.11. The molecule has 0 atom stereocenters. The highest BCUT2D eigenvalue weighted by atomic mass is 127. The number of halogens is 1. The van der Waals surface area contributed by atoms with Gasteiger partial charge in [-0.15, -0.1) is 0 Å². The van der Waals surface area contributed by atoms with Gasteiger partial charge >= 0.3 is 6.09 Å². The molecule has 0 aromatic carbocycles. The van der Waals surface area contributed by atoms with E-state index in [9.17, 15) is 4.79 Å². The molecule has 2 aromatic rings. The van der Waals surface area contributed by atoms with Crippen LogP contribution in [0.25, 0.3) is 11.0 Å². The molecule has 2 rings (SSSR count). The van der Waals surface area contributed by atoms with E-state index in [0.717, 1.165) is 15.4 Å². The second kappa shape index (κ2) is 4.87. The lowest BCUT2D eigenvalue weighted by Crippen LogP contribution is -2.26. The van der Waals surface area contributed by atoms with Crippen molar-refractivity contribution in [1.82, 2.24) is 9.55 Å². The van der Waals surface area contributed by atoms with E-state index in [1.165, 1.54) is 4.57 Å². The largest absolute Gasteiger partial charge is 0.443 e. The molecular weight excluding hydrogens is 343 g/mol. The number of carbonyl (C=O) groups excluding carboxylic acids is 1. The monoisotopic (exact) mass is 358 g/mol. The summed E-state index contributed by atoms with van der Waals surface area (Å²) in [6, 6.07) is 3.84. The van der Waals surface area contributed by atoms with Crippen LogP contribution in [0.1, 0.15) is 26.3 Å². The first-order valence-corrected chi connectivity index (χ1v) is 7.19.